The number of oxazole rings is 1. The van der Waals surface area contributed by atoms with Crippen molar-refractivity contribution < 1.29 is 9.21 Å². The Labute approximate surface area is 175 Å². The largest absolute Gasteiger partial charge is 0.440 e. The summed E-state index contributed by atoms with van der Waals surface area (Å²) >= 11 is 0. The summed E-state index contributed by atoms with van der Waals surface area (Å²) in [6.07, 6.45) is 8.03. The van der Waals surface area contributed by atoms with Crippen LogP contribution in [0.2, 0.25) is 0 Å². The number of hydrogen-bond donors (Lipinski definition) is 0. The van der Waals surface area contributed by atoms with Crippen LogP contribution in [0.3, 0.4) is 0 Å². The van der Waals surface area contributed by atoms with Gasteiger partial charge in [0.15, 0.2) is 23.6 Å². The van der Waals surface area contributed by atoms with E-state index in [2.05, 4.69) is 31.8 Å². The van der Waals surface area contributed by atoms with Crippen molar-refractivity contribution in [1.82, 2.24) is 19.1 Å². The van der Waals surface area contributed by atoms with Crippen LogP contribution in [0.4, 0.5) is 0 Å². The van der Waals surface area contributed by atoms with Crippen LogP contribution in [0.1, 0.15) is 62.7 Å². The highest BCUT2D eigenvalue weighted by atomic mass is 16.3. The summed E-state index contributed by atoms with van der Waals surface area (Å²) in [7, 11) is 1.78. The van der Waals surface area contributed by atoms with Crippen LogP contribution < -0.4 is 5.69 Å². The Morgan fingerprint density at radius 3 is 2.73 bits per heavy atom. The Kier molecular flexibility index (Phi) is 5.22. The summed E-state index contributed by atoms with van der Waals surface area (Å²) in [5, 5.41) is 0. The van der Waals surface area contributed by atoms with Gasteiger partial charge in [0.05, 0.1) is 17.4 Å². The lowest BCUT2D eigenvalue weighted by Gasteiger charge is -2.21. The molecule has 30 heavy (non-hydrogen) atoms. The molecular weight excluding hydrogens is 380 g/mol. The predicted octanol–water partition coefficient (Wildman–Crippen LogP) is 4.23. The van der Waals surface area contributed by atoms with Gasteiger partial charge in [0.2, 0.25) is 0 Å². The minimum Gasteiger partial charge on any atom is -0.440 e. The number of rotatable bonds is 5. The lowest BCUT2D eigenvalue weighted by atomic mass is 9.85. The number of allylic oxidation sites excluding steroid dienone is 2. The molecule has 0 saturated carbocycles. The number of ketones is 1. The molecule has 0 amide bonds. The Hall–Kier alpha value is -2.96. The van der Waals surface area contributed by atoms with Crippen LogP contribution >= 0.6 is 0 Å². The Balaban J connectivity index is 1.54. The molecule has 0 aromatic carbocycles. The molecule has 7 heteroatoms. The number of carbonyl (C=O) groups is 1. The smallest absolute Gasteiger partial charge is 0.330 e. The van der Waals surface area contributed by atoms with Gasteiger partial charge < -0.3 is 4.42 Å². The summed E-state index contributed by atoms with van der Waals surface area (Å²) in [5.41, 5.74) is 3.63. The van der Waals surface area contributed by atoms with E-state index in [4.69, 9.17) is 9.40 Å². The fraction of sp³-hybridized carbons (Fsp3) is 0.478. The lowest BCUT2D eigenvalue weighted by Crippen LogP contribution is -2.27. The van der Waals surface area contributed by atoms with Crippen LogP contribution in [-0.2, 0) is 13.6 Å². The molecule has 1 aliphatic carbocycles. The topological polar surface area (TPSA) is 82.9 Å². The number of hydrogen-bond acceptors (Lipinski definition) is 5. The van der Waals surface area contributed by atoms with Crippen LogP contribution in [0.5, 0.6) is 0 Å². The molecule has 0 bridgehead atoms. The van der Waals surface area contributed by atoms with E-state index in [0.29, 0.717) is 30.3 Å². The predicted molar refractivity (Wildman–Crippen MR) is 115 cm³/mol. The molecular formula is C23H28N4O3. The van der Waals surface area contributed by atoms with Crippen molar-refractivity contribution in [3.05, 3.63) is 52.7 Å². The number of fused-ring (bicyclic) bond motifs is 1. The van der Waals surface area contributed by atoms with Gasteiger partial charge in [0.25, 0.3) is 0 Å². The van der Waals surface area contributed by atoms with E-state index in [9.17, 15) is 9.59 Å². The van der Waals surface area contributed by atoms with Crippen molar-refractivity contribution >= 4 is 22.5 Å². The average molecular weight is 409 g/mol. The van der Waals surface area contributed by atoms with E-state index in [1.807, 2.05) is 16.7 Å². The first-order valence-electron chi connectivity index (χ1n) is 10.4. The lowest BCUT2D eigenvalue weighted by molar-refractivity contribution is 0.0931. The minimum atomic E-state index is -0.0341. The number of carbonyl (C=O) groups excluding carboxylic acids is 1. The molecule has 4 rings (SSSR count). The first kappa shape index (κ1) is 20.3. The van der Waals surface area contributed by atoms with Gasteiger partial charge in [-0.25, -0.2) is 14.8 Å². The Morgan fingerprint density at radius 2 is 2.10 bits per heavy atom. The molecule has 0 fully saturated rings. The van der Waals surface area contributed by atoms with Crippen molar-refractivity contribution in [3.63, 3.8) is 0 Å². The van der Waals surface area contributed by atoms with Gasteiger partial charge in [-0.15, -0.1) is 0 Å². The van der Waals surface area contributed by atoms with Crippen molar-refractivity contribution in [3.8, 4) is 0 Å². The van der Waals surface area contributed by atoms with E-state index < -0.39 is 0 Å². The molecule has 3 heterocycles. The standard InChI is InChI=1S/C23H28N4O3/c1-23(2,3)13-27-18-10-9-17(25-21(18)26(4)22(27)29)16-7-5-15(6-8-16)11-19(28)20-12-24-14-30-20/h7,9-10,12,14-15H,5-6,8,11,13H2,1-4H3. The summed E-state index contributed by atoms with van der Waals surface area (Å²) in [4.78, 5) is 33.6. The fourth-order valence-corrected chi connectivity index (χ4v) is 4.10. The highest BCUT2D eigenvalue weighted by Crippen LogP contribution is 2.32. The van der Waals surface area contributed by atoms with E-state index in [1.165, 1.54) is 18.2 Å². The molecule has 1 atom stereocenters. The molecule has 3 aromatic heterocycles. The first-order chi connectivity index (χ1) is 14.2. The van der Waals surface area contributed by atoms with Gasteiger partial charge >= 0.3 is 5.69 Å². The third kappa shape index (κ3) is 4.01. The van der Waals surface area contributed by atoms with Gasteiger partial charge in [0, 0.05) is 20.0 Å². The maximum Gasteiger partial charge on any atom is 0.330 e. The second-order valence-corrected chi connectivity index (χ2v) is 9.39. The fourth-order valence-electron chi connectivity index (χ4n) is 4.10. The monoisotopic (exact) mass is 408 g/mol. The summed E-state index contributed by atoms with van der Waals surface area (Å²) in [6, 6.07) is 4.01. The Bertz CT molecular complexity index is 1160. The first-order valence-corrected chi connectivity index (χ1v) is 10.4. The van der Waals surface area contributed by atoms with Gasteiger partial charge in [-0.1, -0.05) is 26.8 Å². The quantitative estimate of drug-likeness (QED) is 0.590. The van der Waals surface area contributed by atoms with Crippen molar-refractivity contribution in [2.24, 2.45) is 18.4 Å². The SMILES string of the molecule is Cn1c(=O)n(CC(C)(C)C)c2ccc(C3=CCC(CC(=O)c4cnco4)CC3)nc21. The molecule has 0 N–H and O–H groups in total. The molecule has 0 aliphatic heterocycles. The summed E-state index contributed by atoms with van der Waals surface area (Å²) in [6.45, 7) is 7.01. The second-order valence-electron chi connectivity index (χ2n) is 9.39. The van der Waals surface area contributed by atoms with Crippen molar-refractivity contribution in [2.75, 3.05) is 0 Å². The summed E-state index contributed by atoms with van der Waals surface area (Å²) in [5.74, 6) is 0.633. The summed E-state index contributed by atoms with van der Waals surface area (Å²) < 4.78 is 8.55. The molecule has 7 nitrogen and oxygen atoms in total. The highest BCUT2D eigenvalue weighted by molar-refractivity contribution is 5.93. The molecule has 0 saturated heterocycles. The zero-order valence-corrected chi connectivity index (χ0v) is 18.0. The molecule has 1 aliphatic rings. The third-order valence-corrected chi connectivity index (χ3v) is 5.64. The van der Waals surface area contributed by atoms with Gasteiger partial charge in [-0.2, -0.15) is 0 Å². The Morgan fingerprint density at radius 1 is 1.30 bits per heavy atom. The number of imidazole rings is 1. The van der Waals surface area contributed by atoms with E-state index in [0.717, 1.165) is 30.5 Å². The van der Waals surface area contributed by atoms with Crippen LogP contribution in [0, 0.1) is 11.3 Å². The molecule has 158 valence electrons. The van der Waals surface area contributed by atoms with Gasteiger partial charge in [-0.3, -0.25) is 13.9 Å². The van der Waals surface area contributed by atoms with Gasteiger partial charge in [-0.05, 0) is 48.3 Å². The number of aromatic nitrogens is 4. The van der Waals surface area contributed by atoms with E-state index in [1.54, 1.807) is 11.6 Å². The van der Waals surface area contributed by atoms with Crippen molar-refractivity contribution in [2.45, 2.75) is 53.0 Å². The molecule has 1 unspecified atom stereocenters. The maximum absolute atomic E-state index is 12.7. The maximum atomic E-state index is 12.7. The van der Waals surface area contributed by atoms with Crippen molar-refractivity contribution in [1.29, 1.82) is 0 Å². The number of aryl methyl sites for hydroxylation is 1. The van der Waals surface area contributed by atoms with Gasteiger partial charge in [0.1, 0.15) is 0 Å². The second kappa shape index (κ2) is 7.70. The van der Waals surface area contributed by atoms with Crippen LogP contribution in [0.25, 0.3) is 16.7 Å². The number of pyridine rings is 1. The van der Waals surface area contributed by atoms with E-state index in [-0.39, 0.29) is 16.9 Å². The molecule has 0 spiro atoms. The zero-order valence-electron chi connectivity index (χ0n) is 18.0. The minimum absolute atomic E-state index is 0.000828. The normalized spacial score (nSPS) is 17.3. The molecule has 0 radical (unpaired) electrons. The highest BCUT2D eigenvalue weighted by Gasteiger charge is 2.23. The van der Waals surface area contributed by atoms with E-state index >= 15 is 0 Å². The molecule has 3 aromatic rings. The van der Waals surface area contributed by atoms with Crippen LogP contribution in [0.15, 0.2) is 40.0 Å². The zero-order chi connectivity index (χ0) is 21.5. The number of Topliss-reactive ketones (excluding diaryl/α,β-unsaturated/α-hetero) is 1. The number of nitrogens with zero attached hydrogens (tertiary/aromatic N) is 4. The third-order valence-electron chi connectivity index (χ3n) is 5.64. The average Bonchev–Trinajstić information content (AvgIpc) is 3.32. The van der Waals surface area contributed by atoms with Crippen LogP contribution in [-0.4, -0.2) is 24.9 Å².